The summed E-state index contributed by atoms with van der Waals surface area (Å²) in [7, 11) is 0. The first kappa shape index (κ1) is 26.9. The van der Waals surface area contributed by atoms with Gasteiger partial charge in [0, 0.05) is 45.8 Å². The molecular formula is C21H40IN5O3. The number of ether oxygens (including phenoxy) is 1. The highest BCUT2D eigenvalue weighted by atomic mass is 127. The van der Waals surface area contributed by atoms with E-state index in [1.54, 1.807) is 0 Å². The van der Waals surface area contributed by atoms with Gasteiger partial charge in [0.05, 0.1) is 6.54 Å². The molecule has 2 aliphatic rings. The van der Waals surface area contributed by atoms with Crippen molar-refractivity contribution in [2.45, 2.75) is 59.0 Å². The number of likely N-dealkylation sites (tertiary alicyclic amines) is 1. The molecule has 0 spiro atoms. The number of amides is 1. The molecule has 9 heteroatoms. The van der Waals surface area contributed by atoms with Crippen molar-refractivity contribution in [3.8, 4) is 0 Å². The van der Waals surface area contributed by atoms with Crippen molar-refractivity contribution in [3.05, 3.63) is 0 Å². The Morgan fingerprint density at radius 3 is 2.07 bits per heavy atom. The lowest BCUT2D eigenvalue weighted by molar-refractivity contribution is -0.152. The number of hydrogen-bond acceptors (Lipinski definition) is 5. The molecule has 0 bridgehead atoms. The summed E-state index contributed by atoms with van der Waals surface area (Å²) in [5, 5.41) is 3.26. The number of nitrogens with zero attached hydrogens (tertiary/aromatic N) is 4. The van der Waals surface area contributed by atoms with E-state index in [1.165, 1.54) is 12.8 Å². The lowest BCUT2D eigenvalue weighted by atomic mass is 10.2. The Bertz CT molecular complexity index is 563. The summed E-state index contributed by atoms with van der Waals surface area (Å²) < 4.78 is 5.34. The Labute approximate surface area is 198 Å². The van der Waals surface area contributed by atoms with Crippen LogP contribution in [-0.2, 0) is 14.3 Å². The fraction of sp³-hybridized carbons (Fsp3) is 0.857. The number of aliphatic imine (C=N–C) groups is 1. The maximum atomic E-state index is 12.6. The number of guanidine groups is 1. The molecular weight excluding hydrogens is 497 g/mol. The molecule has 2 heterocycles. The molecule has 0 aliphatic carbocycles. The average molecular weight is 537 g/mol. The van der Waals surface area contributed by atoms with Crippen LogP contribution in [0.5, 0.6) is 0 Å². The van der Waals surface area contributed by atoms with Crippen LogP contribution in [0.3, 0.4) is 0 Å². The van der Waals surface area contributed by atoms with Gasteiger partial charge in [0.2, 0.25) is 5.91 Å². The zero-order valence-electron chi connectivity index (χ0n) is 19.1. The van der Waals surface area contributed by atoms with E-state index >= 15 is 0 Å². The number of esters is 1. The van der Waals surface area contributed by atoms with Crippen LogP contribution >= 0.6 is 24.0 Å². The first-order valence-electron chi connectivity index (χ1n) is 11.0. The molecule has 2 fully saturated rings. The van der Waals surface area contributed by atoms with Crippen LogP contribution < -0.4 is 5.32 Å². The van der Waals surface area contributed by atoms with E-state index in [9.17, 15) is 9.59 Å². The largest absolute Gasteiger partial charge is 0.459 e. The predicted octanol–water partition coefficient (Wildman–Crippen LogP) is 1.93. The minimum Gasteiger partial charge on any atom is -0.459 e. The van der Waals surface area contributed by atoms with E-state index < -0.39 is 5.60 Å². The van der Waals surface area contributed by atoms with Gasteiger partial charge in [0.1, 0.15) is 12.1 Å². The summed E-state index contributed by atoms with van der Waals surface area (Å²) in [5.41, 5.74) is -0.503. The normalized spacial score (nSPS) is 19.0. The Hall–Kier alpha value is -1.10. The topological polar surface area (TPSA) is 77.5 Å². The second kappa shape index (κ2) is 13.3. The summed E-state index contributed by atoms with van der Waals surface area (Å²) in [6.45, 7) is 13.8. The van der Waals surface area contributed by atoms with Gasteiger partial charge >= 0.3 is 5.97 Å². The number of carbonyl (C=O) groups is 2. The monoisotopic (exact) mass is 537 g/mol. The molecule has 0 aromatic carbocycles. The van der Waals surface area contributed by atoms with Crippen LogP contribution in [0.15, 0.2) is 4.99 Å². The van der Waals surface area contributed by atoms with E-state index in [-0.39, 0.29) is 42.4 Å². The summed E-state index contributed by atoms with van der Waals surface area (Å²) in [6.07, 6.45) is 4.72. The van der Waals surface area contributed by atoms with Gasteiger partial charge in [-0.2, -0.15) is 0 Å². The quantitative estimate of drug-likeness (QED) is 0.250. The highest BCUT2D eigenvalue weighted by Gasteiger charge is 2.24. The number of piperazine rings is 1. The molecule has 0 saturated carbocycles. The summed E-state index contributed by atoms with van der Waals surface area (Å²) in [5.74, 6) is 0.664. The molecule has 0 unspecified atom stereocenters. The molecule has 30 heavy (non-hydrogen) atoms. The number of halogens is 1. The smallest absolute Gasteiger partial charge is 0.328 e. The first-order chi connectivity index (χ1) is 13.8. The van der Waals surface area contributed by atoms with Gasteiger partial charge in [-0.05, 0) is 40.5 Å². The van der Waals surface area contributed by atoms with Crippen LogP contribution in [0.2, 0.25) is 0 Å². The van der Waals surface area contributed by atoms with Crippen LogP contribution in [0.1, 0.15) is 53.4 Å². The molecule has 1 N–H and O–H groups in total. The zero-order valence-corrected chi connectivity index (χ0v) is 21.4. The van der Waals surface area contributed by atoms with Gasteiger partial charge in [0.15, 0.2) is 5.96 Å². The van der Waals surface area contributed by atoms with Crippen LogP contribution in [0.4, 0.5) is 0 Å². The SMILES string of the molecule is CCNC(=NCC(=O)OC(C)(C)C)N1CCN(CC(=O)N2CCCCCC2)CC1.I. The van der Waals surface area contributed by atoms with Crippen molar-refractivity contribution < 1.29 is 14.3 Å². The Balaban J connectivity index is 0.00000450. The van der Waals surface area contributed by atoms with Crippen LogP contribution in [0.25, 0.3) is 0 Å². The fourth-order valence-corrected chi connectivity index (χ4v) is 3.67. The van der Waals surface area contributed by atoms with Crippen molar-refractivity contribution in [2.24, 2.45) is 4.99 Å². The molecule has 8 nitrogen and oxygen atoms in total. The first-order valence-corrected chi connectivity index (χ1v) is 11.0. The Morgan fingerprint density at radius 2 is 1.53 bits per heavy atom. The van der Waals surface area contributed by atoms with Crippen molar-refractivity contribution in [2.75, 3.05) is 58.9 Å². The highest BCUT2D eigenvalue weighted by molar-refractivity contribution is 14.0. The van der Waals surface area contributed by atoms with E-state index in [0.29, 0.717) is 6.54 Å². The molecule has 0 aromatic heterocycles. The van der Waals surface area contributed by atoms with Gasteiger partial charge in [-0.15, -0.1) is 24.0 Å². The molecule has 0 radical (unpaired) electrons. The Kier molecular flexibility index (Phi) is 12.0. The van der Waals surface area contributed by atoms with Crippen LogP contribution in [0, 0.1) is 0 Å². The van der Waals surface area contributed by atoms with E-state index in [2.05, 4.69) is 20.1 Å². The fourth-order valence-electron chi connectivity index (χ4n) is 3.67. The number of carbonyl (C=O) groups excluding carboxylic acids is 2. The third-order valence-electron chi connectivity index (χ3n) is 5.10. The molecule has 2 saturated heterocycles. The standard InChI is InChI=1S/C21H39N5O3.HI/c1-5-22-20(23-16-19(28)29-21(2,3)4)26-14-12-24(13-15-26)17-18(27)25-10-8-6-7-9-11-25;/h5-17H2,1-4H3,(H,22,23);1H. The van der Waals surface area contributed by atoms with Crippen molar-refractivity contribution in [1.29, 1.82) is 0 Å². The average Bonchev–Trinajstić information content (AvgIpc) is 2.94. The van der Waals surface area contributed by atoms with Gasteiger partial charge in [0.25, 0.3) is 0 Å². The zero-order chi connectivity index (χ0) is 21.3. The van der Waals surface area contributed by atoms with Crippen molar-refractivity contribution >= 4 is 41.8 Å². The minimum atomic E-state index is -0.503. The number of hydrogen-bond donors (Lipinski definition) is 1. The highest BCUT2D eigenvalue weighted by Crippen LogP contribution is 2.11. The second-order valence-electron chi connectivity index (χ2n) is 8.81. The van der Waals surface area contributed by atoms with Crippen molar-refractivity contribution in [1.82, 2.24) is 20.0 Å². The summed E-state index contributed by atoms with van der Waals surface area (Å²) in [4.78, 5) is 35.4. The molecule has 2 aliphatic heterocycles. The van der Waals surface area contributed by atoms with E-state index in [4.69, 9.17) is 4.74 Å². The predicted molar refractivity (Wildman–Crippen MR) is 130 cm³/mol. The van der Waals surface area contributed by atoms with Crippen LogP contribution in [-0.4, -0.2) is 97.0 Å². The third-order valence-corrected chi connectivity index (χ3v) is 5.10. The Morgan fingerprint density at radius 1 is 0.933 bits per heavy atom. The van der Waals surface area contributed by atoms with Gasteiger partial charge in [-0.25, -0.2) is 4.99 Å². The van der Waals surface area contributed by atoms with Gasteiger partial charge in [-0.1, -0.05) is 12.8 Å². The van der Waals surface area contributed by atoms with E-state index in [1.807, 2.05) is 32.6 Å². The summed E-state index contributed by atoms with van der Waals surface area (Å²) in [6, 6.07) is 0. The van der Waals surface area contributed by atoms with Crippen molar-refractivity contribution in [3.63, 3.8) is 0 Å². The third kappa shape index (κ3) is 9.80. The maximum absolute atomic E-state index is 12.6. The van der Waals surface area contributed by atoms with E-state index in [0.717, 1.165) is 64.6 Å². The molecule has 1 amide bonds. The lowest BCUT2D eigenvalue weighted by Gasteiger charge is -2.37. The lowest BCUT2D eigenvalue weighted by Crippen LogP contribution is -2.54. The molecule has 174 valence electrons. The number of nitrogens with one attached hydrogen (secondary N) is 1. The second-order valence-corrected chi connectivity index (χ2v) is 8.81. The molecule has 0 aromatic rings. The number of rotatable bonds is 5. The van der Waals surface area contributed by atoms with Gasteiger partial charge < -0.3 is 19.9 Å². The maximum Gasteiger partial charge on any atom is 0.328 e. The van der Waals surface area contributed by atoms with Gasteiger partial charge in [-0.3, -0.25) is 14.5 Å². The molecule has 2 rings (SSSR count). The minimum absolute atomic E-state index is 0. The molecule has 0 atom stereocenters. The summed E-state index contributed by atoms with van der Waals surface area (Å²) >= 11 is 0.